The molecular weight excluding hydrogens is 214 g/mol. The molecule has 3 heteroatoms. The highest BCUT2D eigenvalue weighted by Gasteiger charge is 2.28. The van der Waals surface area contributed by atoms with Gasteiger partial charge in [-0.05, 0) is 17.9 Å². The Bertz CT molecular complexity index is 366. The first-order valence-electron chi connectivity index (χ1n) is 5.86. The number of nitrogens with one attached hydrogen (secondary N) is 1. The standard InChI is InChI=1S/C14H21NO2/c1-10(16)13(17)15-12(14(2,3)4)11-8-6-5-7-9-11/h5-10,12,16H,1-4H3,(H,15,17). The summed E-state index contributed by atoms with van der Waals surface area (Å²) in [5.41, 5.74) is 0.945. The number of carbonyl (C=O) groups excluding carboxylic acids is 1. The number of rotatable bonds is 3. The fourth-order valence-electron chi connectivity index (χ4n) is 1.71. The van der Waals surface area contributed by atoms with Crippen LogP contribution in [0.25, 0.3) is 0 Å². The van der Waals surface area contributed by atoms with Gasteiger partial charge in [0.05, 0.1) is 6.04 Å². The molecule has 0 aliphatic carbocycles. The molecule has 0 aliphatic rings. The predicted octanol–water partition coefficient (Wildman–Crippen LogP) is 2.27. The van der Waals surface area contributed by atoms with Crippen LogP contribution in [0, 0.1) is 5.41 Å². The summed E-state index contributed by atoms with van der Waals surface area (Å²) in [4.78, 5) is 11.6. The lowest BCUT2D eigenvalue weighted by molar-refractivity contribution is -0.130. The Morgan fingerprint density at radius 2 is 1.76 bits per heavy atom. The zero-order valence-corrected chi connectivity index (χ0v) is 10.9. The van der Waals surface area contributed by atoms with Crippen molar-refractivity contribution in [1.82, 2.24) is 5.32 Å². The third-order valence-electron chi connectivity index (χ3n) is 2.66. The van der Waals surface area contributed by atoms with Crippen molar-refractivity contribution < 1.29 is 9.90 Å². The maximum absolute atomic E-state index is 11.6. The summed E-state index contributed by atoms with van der Waals surface area (Å²) < 4.78 is 0. The van der Waals surface area contributed by atoms with Gasteiger partial charge in [-0.15, -0.1) is 0 Å². The van der Waals surface area contributed by atoms with E-state index in [4.69, 9.17) is 0 Å². The molecular formula is C14H21NO2. The Balaban J connectivity index is 2.95. The number of hydrogen-bond donors (Lipinski definition) is 2. The van der Waals surface area contributed by atoms with Crippen LogP contribution in [0.3, 0.4) is 0 Å². The Hall–Kier alpha value is -1.35. The van der Waals surface area contributed by atoms with E-state index in [1.165, 1.54) is 6.92 Å². The maximum Gasteiger partial charge on any atom is 0.249 e. The first-order chi connectivity index (χ1) is 7.82. The van der Waals surface area contributed by atoms with E-state index in [0.29, 0.717) is 0 Å². The molecule has 0 radical (unpaired) electrons. The van der Waals surface area contributed by atoms with Crippen molar-refractivity contribution in [2.45, 2.75) is 39.8 Å². The fraction of sp³-hybridized carbons (Fsp3) is 0.500. The van der Waals surface area contributed by atoms with Gasteiger partial charge in [-0.3, -0.25) is 4.79 Å². The van der Waals surface area contributed by atoms with Crippen LogP contribution in [0.4, 0.5) is 0 Å². The van der Waals surface area contributed by atoms with Crippen LogP contribution in [-0.4, -0.2) is 17.1 Å². The molecule has 1 amide bonds. The van der Waals surface area contributed by atoms with E-state index in [-0.39, 0.29) is 17.4 Å². The minimum absolute atomic E-state index is 0.105. The van der Waals surface area contributed by atoms with Gasteiger partial charge in [-0.1, -0.05) is 51.1 Å². The summed E-state index contributed by atoms with van der Waals surface area (Å²) in [6.45, 7) is 7.66. The van der Waals surface area contributed by atoms with E-state index >= 15 is 0 Å². The molecule has 0 fully saturated rings. The molecule has 0 saturated carbocycles. The Labute approximate surface area is 103 Å². The molecule has 0 bridgehead atoms. The number of carbonyl (C=O) groups is 1. The van der Waals surface area contributed by atoms with Crippen molar-refractivity contribution >= 4 is 5.91 Å². The number of amides is 1. The number of aliphatic hydroxyl groups is 1. The summed E-state index contributed by atoms with van der Waals surface area (Å²) in [7, 11) is 0. The number of benzene rings is 1. The van der Waals surface area contributed by atoms with Crippen LogP contribution in [0.1, 0.15) is 39.3 Å². The third-order valence-corrected chi connectivity index (χ3v) is 2.66. The summed E-state index contributed by atoms with van der Waals surface area (Å²) >= 11 is 0. The van der Waals surface area contributed by atoms with Crippen molar-refractivity contribution in [3.63, 3.8) is 0 Å². The minimum Gasteiger partial charge on any atom is -0.384 e. The Morgan fingerprint density at radius 1 is 1.24 bits per heavy atom. The van der Waals surface area contributed by atoms with E-state index < -0.39 is 6.10 Å². The molecule has 2 N–H and O–H groups in total. The number of aliphatic hydroxyl groups excluding tert-OH is 1. The second-order valence-corrected chi connectivity index (χ2v) is 5.39. The van der Waals surface area contributed by atoms with Crippen LogP contribution in [0.5, 0.6) is 0 Å². The quantitative estimate of drug-likeness (QED) is 0.844. The molecule has 17 heavy (non-hydrogen) atoms. The molecule has 1 rings (SSSR count). The molecule has 0 saturated heterocycles. The van der Waals surface area contributed by atoms with Gasteiger partial charge in [0.25, 0.3) is 0 Å². The lowest BCUT2D eigenvalue weighted by Crippen LogP contribution is -2.41. The molecule has 1 aromatic carbocycles. The molecule has 3 nitrogen and oxygen atoms in total. The molecule has 2 unspecified atom stereocenters. The van der Waals surface area contributed by atoms with Crippen LogP contribution < -0.4 is 5.32 Å². The summed E-state index contributed by atoms with van der Waals surface area (Å²) in [6.07, 6.45) is -0.983. The van der Waals surface area contributed by atoms with Gasteiger partial charge < -0.3 is 10.4 Å². The highest BCUT2D eigenvalue weighted by atomic mass is 16.3. The molecule has 94 valence electrons. The lowest BCUT2D eigenvalue weighted by atomic mass is 9.82. The predicted molar refractivity (Wildman–Crippen MR) is 68.5 cm³/mol. The molecule has 0 aliphatic heterocycles. The van der Waals surface area contributed by atoms with E-state index in [1.807, 2.05) is 30.3 Å². The van der Waals surface area contributed by atoms with Crippen LogP contribution >= 0.6 is 0 Å². The average molecular weight is 235 g/mol. The normalized spacial score (nSPS) is 15.1. The Morgan fingerprint density at radius 3 is 2.18 bits per heavy atom. The molecule has 1 aromatic rings. The fourth-order valence-corrected chi connectivity index (χ4v) is 1.71. The summed E-state index contributed by atoms with van der Waals surface area (Å²) in [5.74, 6) is -0.339. The lowest BCUT2D eigenvalue weighted by Gasteiger charge is -2.32. The third kappa shape index (κ3) is 3.86. The maximum atomic E-state index is 11.6. The van der Waals surface area contributed by atoms with Crippen molar-refractivity contribution in [2.75, 3.05) is 0 Å². The van der Waals surface area contributed by atoms with Crippen LogP contribution in [-0.2, 0) is 4.79 Å². The van der Waals surface area contributed by atoms with Gasteiger partial charge in [0.2, 0.25) is 5.91 Å². The summed E-state index contributed by atoms with van der Waals surface area (Å²) in [6, 6.07) is 9.70. The first-order valence-corrected chi connectivity index (χ1v) is 5.86. The zero-order valence-electron chi connectivity index (χ0n) is 10.9. The SMILES string of the molecule is CC(O)C(=O)NC(c1ccccc1)C(C)(C)C. The highest BCUT2D eigenvalue weighted by molar-refractivity contribution is 5.80. The van der Waals surface area contributed by atoms with Gasteiger partial charge >= 0.3 is 0 Å². The minimum atomic E-state index is -0.983. The Kier molecular flexibility index (Phi) is 4.29. The largest absolute Gasteiger partial charge is 0.384 e. The summed E-state index contributed by atoms with van der Waals surface area (Å²) in [5, 5.41) is 12.2. The molecule has 2 atom stereocenters. The monoisotopic (exact) mass is 235 g/mol. The van der Waals surface area contributed by atoms with Gasteiger partial charge in [0.15, 0.2) is 0 Å². The van der Waals surface area contributed by atoms with E-state index in [9.17, 15) is 9.90 Å². The van der Waals surface area contributed by atoms with Crippen LogP contribution in [0.15, 0.2) is 30.3 Å². The van der Waals surface area contributed by atoms with E-state index in [1.54, 1.807) is 0 Å². The van der Waals surface area contributed by atoms with Gasteiger partial charge in [-0.25, -0.2) is 0 Å². The smallest absolute Gasteiger partial charge is 0.249 e. The van der Waals surface area contributed by atoms with Crippen molar-refractivity contribution in [2.24, 2.45) is 5.41 Å². The molecule has 0 heterocycles. The second-order valence-electron chi connectivity index (χ2n) is 5.39. The first kappa shape index (κ1) is 13.7. The molecule has 0 aromatic heterocycles. The number of hydrogen-bond acceptors (Lipinski definition) is 2. The van der Waals surface area contributed by atoms with Gasteiger partial charge in [-0.2, -0.15) is 0 Å². The average Bonchev–Trinajstić information content (AvgIpc) is 2.25. The topological polar surface area (TPSA) is 49.3 Å². The van der Waals surface area contributed by atoms with Crippen LogP contribution in [0.2, 0.25) is 0 Å². The van der Waals surface area contributed by atoms with Crippen molar-refractivity contribution in [1.29, 1.82) is 0 Å². The zero-order chi connectivity index (χ0) is 13.1. The second kappa shape index (κ2) is 5.32. The van der Waals surface area contributed by atoms with Gasteiger partial charge in [0.1, 0.15) is 6.10 Å². The van der Waals surface area contributed by atoms with Crippen molar-refractivity contribution in [3.05, 3.63) is 35.9 Å². The van der Waals surface area contributed by atoms with Gasteiger partial charge in [0, 0.05) is 0 Å². The van der Waals surface area contributed by atoms with E-state index in [0.717, 1.165) is 5.56 Å². The van der Waals surface area contributed by atoms with Crippen molar-refractivity contribution in [3.8, 4) is 0 Å². The van der Waals surface area contributed by atoms with E-state index in [2.05, 4.69) is 26.1 Å². The molecule has 0 spiro atoms. The highest BCUT2D eigenvalue weighted by Crippen LogP contribution is 2.32.